The van der Waals surface area contributed by atoms with Gasteiger partial charge in [-0.3, -0.25) is 10.1 Å². The highest BCUT2D eigenvalue weighted by atomic mass is 32.2. The zero-order valence-corrected chi connectivity index (χ0v) is 11.6. The van der Waals surface area contributed by atoms with E-state index in [1.807, 2.05) is 0 Å². The van der Waals surface area contributed by atoms with Crippen molar-refractivity contribution in [3.05, 3.63) is 29.3 Å². The highest BCUT2D eigenvalue weighted by molar-refractivity contribution is 7.93. The zero-order valence-electron chi connectivity index (χ0n) is 10.7. The molecule has 5 nitrogen and oxygen atoms in total. The van der Waals surface area contributed by atoms with Gasteiger partial charge in [-0.2, -0.15) is 13.2 Å². The number of hydrogen-bond donors (Lipinski definition) is 3. The van der Waals surface area contributed by atoms with Gasteiger partial charge in [-0.1, -0.05) is 0 Å². The largest absolute Gasteiger partial charge is 0.416 e. The maximum atomic E-state index is 12.6. The minimum Gasteiger partial charge on any atom is -0.384 e. The Balaban J connectivity index is 3.32. The van der Waals surface area contributed by atoms with Crippen molar-refractivity contribution >= 4 is 21.5 Å². The number of rotatable bonds is 4. The van der Waals surface area contributed by atoms with E-state index < -0.39 is 32.8 Å². The van der Waals surface area contributed by atoms with Gasteiger partial charge in [-0.05, 0) is 32.0 Å². The Morgan fingerprint density at radius 2 is 1.90 bits per heavy atom. The second kappa shape index (κ2) is 5.31. The van der Waals surface area contributed by atoms with E-state index in [2.05, 4.69) is 4.72 Å². The van der Waals surface area contributed by atoms with E-state index in [1.165, 1.54) is 13.8 Å². The minimum absolute atomic E-state index is 0.154. The first-order chi connectivity index (χ1) is 8.95. The normalized spacial score (nSPS) is 12.5. The maximum Gasteiger partial charge on any atom is 0.416 e. The van der Waals surface area contributed by atoms with Crippen LogP contribution in [0.3, 0.4) is 0 Å². The van der Waals surface area contributed by atoms with E-state index in [0.29, 0.717) is 6.07 Å². The number of sulfonamides is 1. The molecule has 0 aliphatic carbocycles. The number of hydrogen-bond acceptors (Lipinski definition) is 3. The average Bonchev–Trinajstić information content (AvgIpc) is 2.26. The van der Waals surface area contributed by atoms with Gasteiger partial charge < -0.3 is 5.73 Å². The molecule has 0 radical (unpaired) electrons. The van der Waals surface area contributed by atoms with Crippen LogP contribution in [0.15, 0.2) is 18.2 Å². The summed E-state index contributed by atoms with van der Waals surface area (Å²) in [7, 11) is -3.74. The Labute approximate surface area is 114 Å². The SMILES string of the molecule is CC(C)S(=O)(=O)Nc1ccc(C(F)(F)F)cc1C(=N)N. The molecular weight excluding hydrogens is 295 g/mol. The maximum absolute atomic E-state index is 12.6. The van der Waals surface area contributed by atoms with Gasteiger partial charge in [0, 0.05) is 5.56 Å². The molecule has 0 saturated heterocycles. The first-order valence-electron chi connectivity index (χ1n) is 5.52. The van der Waals surface area contributed by atoms with Crippen LogP contribution >= 0.6 is 0 Å². The van der Waals surface area contributed by atoms with Crippen molar-refractivity contribution in [2.75, 3.05) is 4.72 Å². The summed E-state index contributed by atoms with van der Waals surface area (Å²) >= 11 is 0. The molecule has 0 atom stereocenters. The lowest BCUT2D eigenvalue weighted by Crippen LogP contribution is -2.25. The lowest BCUT2D eigenvalue weighted by molar-refractivity contribution is -0.137. The summed E-state index contributed by atoms with van der Waals surface area (Å²) in [6.07, 6.45) is -4.60. The number of amidine groups is 1. The first kappa shape index (κ1) is 16.3. The van der Waals surface area contributed by atoms with Gasteiger partial charge in [0.05, 0.1) is 16.5 Å². The molecule has 1 aromatic carbocycles. The van der Waals surface area contributed by atoms with E-state index in [0.717, 1.165) is 12.1 Å². The number of halogens is 3. The molecule has 0 bridgehead atoms. The molecule has 20 heavy (non-hydrogen) atoms. The van der Waals surface area contributed by atoms with Gasteiger partial charge in [-0.25, -0.2) is 8.42 Å². The van der Waals surface area contributed by atoms with Crippen LogP contribution in [-0.2, 0) is 16.2 Å². The Morgan fingerprint density at radius 1 is 1.35 bits per heavy atom. The number of nitrogens with one attached hydrogen (secondary N) is 2. The third-order valence-electron chi connectivity index (χ3n) is 2.51. The Morgan fingerprint density at radius 3 is 2.30 bits per heavy atom. The van der Waals surface area contributed by atoms with Crippen molar-refractivity contribution in [1.82, 2.24) is 0 Å². The lowest BCUT2D eigenvalue weighted by atomic mass is 10.1. The van der Waals surface area contributed by atoms with Crippen LogP contribution in [0.4, 0.5) is 18.9 Å². The van der Waals surface area contributed by atoms with Crippen molar-refractivity contribution in [3.8, 4) is 0 Å². The molecule has 0 aliphatic heterocycles. The third kappa shape index (κ3) is 3.62. The topological polar surface area (TPSA) is 96.0 Å². The zero-order chi connectivity index (χ0) is 15.7. The Kier molecular flexibility index (Phi) is 4.33. The van der Waals surface area contributed by atoms with Gasteiger partial charge >= 0.3 is 6.18 Å². The van der Waals surface area contributed by atoms with Gasteiger partial charge in [0.1, 0.15) is 5.84 Å². The fourth-order valence-electron chi connectivity index (χ4n) is 1.30. The second-order valence-corrected chi connectivity index (χ2v) is 6.60. The summed E-state index contributed by atoms with van der Waals surface area (Å²) in [6.45, 7) is 2.83. The molecule has 1 rings (SSSR count). The van der Waals surface area contributed by atoms with Crippen LogP contribution in [-0.4, -0.2) is 19.5 Å². The van der Waals surface area contributed by atoms with Crippen LogP contribution in [0, 0.1) is 5.41 Å². The number of anilines is 1. The predicted octanol–water partition coefficient (Wildman–Crippen LogP) is 2.14. The number of nitrogens with two attached hydrogens (primary N) is 1. The van der Waals surface area contributed by atoms with Crippen molar-refractivity contribution in [2.24, 2.45) is 5.73 Å². The number of benzene rings is 1. The molecular formula is C11H14F3N3O2S. The molecule has 0 heterocycles. The van der Waals surface area contributed by atoms with Crippen molar-refractivity contribution in [2.45, 2.75) is 25.3 Å². The molecule has 9 heteroatoms. The summed E-state index contributed by atoms with van der Waals surface area (Å²) in [6, 6.07) is 2.31. The van der Waals surface area contributed by atoms with Crippen LogP contribution in [0.25, 0.3) is 0 Å². The van der Waals surface area contributed by atoms with Crippen molar-refractivity contribution < 1.29 is 21.6 Å². The van der Waals surface area contributed by atoms with E-state index in [4.69, 9.17) is 11.1 Å². The standard InChI is InChI=1S/C11H14F3N3O2S/c1-6(2)20(18,19)17-9-4-3-7(11(12,13)14)5-8(9)10(15)16/h3-6,17H,1-2H3,(H3,15,16). The van der Waals surface area contributed by atoms with E-state index in [9.17, 15) is 21.6 Å². The molecule has 0 amide bonds. The quantitative estimate of drug-likeness (QED) is 0.587. The smallest absolute Gasteiger partial charge is 0.384 e. The van der Waals surface area contributed by atoms with Gasteiger partial charge in [0.25, 0.3) is 0 Å². The van der Waals surface area contributed by atoms with Gasteiger partial charge in [-0.15, -0.1) is 0 Å². The fraction of sp³-hybridized carbons (Fsp3) is 0.364. The summed E-state index contributed by atoms with van der Waals surface area (Å²) < 4.78 is 63.3. The summed E-state index contributed by atoms with van der Waals surface area (Å²) in [5.74, 6) is -0.655. The lowest BCUT2D eigenvalue weighted by Gasteiger charge is -2.16. The second-order valence-electron chi connectivity index (χ2n) is 4.37. The van der Waals surface area contributed by atoms with Crippen LogP contribution in [0.2, 0.25) is 0 Å². The highest BCUT2D eigenvalue weighted by Gasteiger charge is 2.31. The molecule has 1 aromatic rings. The van der Waals surface area contributed by atoms with Crippen molar-refractivity contribution in [3.63, 3.8) is 0 Å². The van der Waals surface area contributed by atoms with E-state index in [-0.39, 0.29) is 11.3 Å². The highest BCUT2D eigenvalue weighted by Crippen LogP contribution is 2.32. The number of nitrogen functional groups attached to an aromatic ring is 1. The van der Waals surface area contributed by atoms with E-state index >= 15 is 0 Å². The van der Waals surface area contributed by atoms with Crippen LogP contribution in [0.5, 0.6) is 0 Å². The summed E-state index contributed by atoms with van der Waals surface area (Å²) in [5, 5.41) is 6.49. The monoisotopic (exact) mass is 309 g/mol. The Hall–Kier alpha value is -1.77. The molecule has 0 spiro atoms. The third-order valence-corrected chi connectivity index (χ3v) is 4.26. The minimum atomic E-state index is -4.60. The summed E-state index contributed by atoms with van der Waals surface area (Å²) in [5.41, 5.74) is 3.73. The molecule has 4 N–H and O–H groups in total. The molecule has 0 unspecified atom stereocenters. The first-order valence-corrected chi connectivity index (χ1v) is 7.07. The molecule has 112 valence electrons. The molecule has 0 aliphatic rings. The molecule has 0 saturated carbocycles. The predicted molar refractivity (Wildman–Crippen MR) is 70.1 cm³/mol. The summed E-state index contributed by atoms with van der Waals surface area (Å²) in [4.78, 5) is 0. The van der Waals surface area contributed by atoms with Gasteiger partial charge in [0.2, 0.25) is 10.0 Å². The molecule has 0 fully saturated rings. The van der Waals surface area contributed by atoms with Crippen LogP contribution in [0.1, 0.15) is 25.0 Å². The fourth-order valence-corrected chi connectivity index (χ4v) is 2.02. The number of alkyl halides is 3. The molecule has 0 aromatic heterocycles. The van der Waals surface area contributed by atoms with Gasteiger partial charge in [0.15, 0.2) is 0 Å². The van der Waals surface area contributed by atoms with Crippen LogP contribution < -0.4 is 10.5 Å². The van der Waals surface area contributed by atoms with Crippen molar-refractivity contribution in [1.29, 1.82) is 5.41 Å². The van der Waals surface area contributed by atoms with E-state index in [1.54, 1.807) is 0 Å². The Bertz CT molecular complexity index is 624. The average molecular weight is 309 g/mol.